The SMILES string of the molecule is COCCC1(CO)COP(C)(=O)OC1. The first kappa shape index (κ1) is 12.1. The molecule has 1 saturated heterocycles. The van der Waals surface area contributed by atoms with Crippen LogP contribution in [0.25, 0.3) is 0 Å². The summed E-state index contributed by atoms with van der Waals surface area (Å²) in [5, 5.41) is 9.23. The van der Waals surface area contributed by atoms with Crippen molar-refractivity contribution < 1.29 is 23.5 Å². The minimum atomic E-state index is -2.86. The summed E-state index contributed by atoms with van der Waals surface area (Å²) in [5.74, 6) is 0. The van der Waals surface area contributed by atoms with Crippen LogP contribution in [0.2, 0.25) is 0 Å². The Bertz CT molecular complexity index is 218. The molecule has 84 valence electrons. The van der Waals surface area contributed by atoms with Gasteiger partial charge in [-0.1, -0.05) is 0 Å². The number of aliphatic hydroxyl groups is 1. The van der Waals surface area contributed by atoms with Gasteiger partial charge in [-0.25, -0.2) is 0 Å². The zero-order valence-electron chi connectivity index (χ0n) is 8.56. The Morgan fingerprint density at radius 1 is 1.50 bits per heavy atom. The number of hydrogen-bond acceptors (Lipinski definition) is 5. The summed E-state index contributed by atoms with van der Waals surface area (Å²) in [6.45, 7) is 2.45. The molecular formula is C8H17O5P. The fraction of sp³-hybridized carbons (Fsp3) is 1.00. The lowest BCUT2D eigenvalue weighted by Crippen LogP contribution is -2.39. The highest BCUT2D eigenvalue weighted by Crippen LogP contribution is 2.50. The average molecular weight is 224 g/mol. The molecule has 0 aliphatic carbocycles. The highest BCUT2D eigenvalue weighted by Gasteiger charge is 2.39. The summed E-state index contributed by atoms with van der Waals surface area (Å²) in [6, 6.07) is 0. The molecule has 0 saturated carbocycles. The van der Waals surface area contributed by atoms with Crippen molar-refractivity contribution in [3.63, 3.8) is 0 Å². The molecule has 14 heavy (non-hydrogen) atoms. The Labute approximate surface area is 83.9 Å². The van der Waals surface area contributed by atoms with E-state index in [0.29, 0.717) is 13.0 Å². The topological polar surface area (TPSA) is 65.0 Å². The Hall–Kier alpha value is 0.0700. The van der Waals surface area contributed by atoms with Crippen LogP contribution in [0.15, 0.2) is 0 Å². The summed E-state index contributed by atoms with van der Waals surface area (Å²) in [6.07, 6.45) is 0.639. The fourth-order valence-electron chi connectivity index (χ4n) is 1.22. The van der Waals surface area contributed by atoms with E-state index in [-0.39, 0.29) is 19.8 Å². The van der Waals surface area contributed by atoms with Crippen molar-refractivity contribution in [2.75, 3.05) is 40.2 Å². The number of methoxy groups -OCH3 is 1. The predicted molar refractivity (Wildman–Crippen MR) is 51.4 cm³/mol. The third-order valence-electron chi connectivity index (χ3n) is 2.38. The molecule has 0 radical (unpaired) electrons. The van der Waals surface area contributed by atoms with Crippen LogP contribution in [-0.4, -0.2) is 45.3 Å². The fourth-order valence-corrected chi connectivity index (χ4v) is 2.31. The summed E-state index contributed by atoms with van der Waals surface area (Å²) < 4.78 is 26.5. The molecule has 1 aliphatic rings. The second-order valence-corrected chi connectivity index (χ2v) is 5.78. The normalized spacial score (nSPS) is 38.5. The van der Waals surface area contributed by atoms with Gasteiger partial charge in [0, 0.05) is 25.8 Å². The summed E-state index contributed by atoms with van der Waals surface area (Å²) >= 11 is 0. The summed E-state index contributed by atoms with van der Waals surface area (Å²) in [5.41, 5.74) is -0.458. The van der Waals surface area contributed by atoms with E-state index in [9.17, 15) is 9.67 Å². The van der Waals surface area contributed by atoms with Crippen molar-refractivity contribution in [3.05, 3.63) is 0 Å². The van der Waals surface area contributed by atoms with Crippen LogP contribution in [0.1, 0.15) is 6.42 Å². The van der Waals surface area contributed by atoms with Gasteiger partial charge in [0.1, 0.15) is 0 Å². The van der Waals surface area contributed by atoms with Gasteiger partial charge in [0.25, 0.3) is 0 Å². The molecule has 1 N–H and O–H groups in total. The zero-order valence-corrected chi connectivity index (χ0v) is 9.46. The van der Waals surface area contributed by atoms with Crippen molar-refractivity contribution in [1.29, 1.82) is 0 Å². The second-order valence-electron chi connectivity index (χ2n) is 3.72. The Morgan fingerprint density at radius 2 is 2.07 bits per heavy atom. The molecule has 1 rings (SSSR count). The van der Waals surface area contributed by atoms with E-state index in [1.807, 2.05) is 0 Å². The van der Waals surface area contributed by atoms with E-state index < -0.39 is 13.0 Å². The van der Waals surface area contributed by atoms with Crippen LogP contribution in [0.4, 0.5) is 0 Å². The lowest BCUT2D eigenvalue weighted by atomic mass is 9.88. The lowest BCUT2D eigenvalue weighted by Gasteiger charge is -2.37. The molecule has 6 heteroatoms. The summed E-state index contributed by atoms with van der Waals surface area (Å²) in [4.78, 5) is 0. The van der Waals surface area contributed by atoms with Gasteiger partial charge in [0.15, 0.2) is 0 Å². The molecule has 0 bridgehead atoms. The van der Waals surface area contributed by atoms with Crippen LogP contribution in [0.3, 0.4) is 0 Å². The van der Waals surface area contributed by atoms with Gasteiger partial charge in [-0.15, -0.1) is 0 Å². The van der Waals surface area contributed by atoms with Crippen molar-refractivity contribution in [2.24, 2.45) is 5.41 Å². The van der Waals surface area contributed by atoms with Crippen LogP contribution in [0, 0.1) is 5.41 Å². The van der Waals surface area contributed by atoms with Crippen LogP contribution in [0.5, 0.6) is 0 Å². The van der Waals surface area contributed by atoms with E-state index in [1.54, 1.807) is 7.11 Å². The highest BCUT2D eigenvalue weighted by atomic mass is 31.2. The molecule has 0 aromatic heterocycles. The molecule has 0 aromatic rings. The van der Waals surface area contributed by atoms with Crippen molar-refractivity contribution in [3.8, 4) is 0 Å². The average Bonchev–Trinajstić information content (AvgIpc) is 2.18. The first-order chi connectivity index (χ1) is 6.54. The molecule has 0 spiro atoms. The third kappa shape index (κ3) is 3.04. The zero-order chi connectivity index (χ0) is 10.7. The van der Waals surface area contributed by atoms with E-state index in [4.69, 9.17) is 13.8 Å². The van der Waals surface area contributed by atoms with E-state index >= 15 is 0 Å². The molecule has 0 aromatic carbocycles. The minimum Gasteiger partial charge on any atom is -0.396 e. The standard InChI is InChI=1S/C8H17O5P/c1-11-4-3-8(5-9)6-12-14(2,10)13-7-8/h9H,3-7H2,1-2H3. The van der Waals surface area contributed by atoms with Gasteiger partial charge in [0.2, 0.25) is 0 Å². The second kappa shape index (κ2) is 4.73. The number of ether oxygens (including phenoxy) is 1. The van der Waals surface area contributed by atoms with E-state index in [2.05, 4.69) is 0 Å². The smallest absolute Gasteiger partial charge is 0.327 e. The Morgan fingerprint density at radius 3 is 2.50 bits per heavy atom. The predicted octanol–water partition coefficient (Wildman–Crippen LogP) is 0.871. The maximum Gasteiger partial charge on any atom is 0.327 e. The maximum atomic E-state index is 11.4. The van der Waals surface area contributed by atoms with E-state index in [0.717, 1.165) is 0 Å². The van der Waals surface area contributed by atoms with Gasteiger partial charge in [0.05, 0.1) is 19.8 Å². The van der Waals surface area contributed by atoms with Crippen LogP contribution >= 0.6 is 7.60 Å². The number of aliphatic hydroxyl groups excluding tert-OH is 1. The number of rotatable bonds is 4. The largest absolute Gasteiger partial charge is 0.396 e. The van der Waals surface area contributed by atoms with Gasteiger partial charge in [-0.3, -0.25) is 4.57 Å². The quantitative estimate of drug-likeness (QED) is 0.718. The monoisotopic (exact) mass is 224 g/mol. The summed E-state index contributed by atoms with van der Waals surface area (Å²) in [7, 11) is -1.27. The van der Waals surface area contributed by atoms with Crippen molar-refractivity contribution in [1.82, 2.24) is 0 Å². The van der Waals surface area contributed by atoms with Crippen LogP contribution < -0.4 is 0 Å². The van der Waals surface area contributed by atoms with Crippen molar-refractivity contribution in [2.45, 2.75) is 6.42 Å². The molecule has 1 fully saturated rings. The highest BCUT2D eigenvalue weighted by molar-refractivity contribution is 7.53. The molecule has 0 atom stereocenters. The van der Waals surface area contributed by atoms with E-state index in [1.165, 1.54) is 6.66 Å². The molecular weight excluding hydrogens is 207 g/mol. The first-order valence-electron chi connectivity index (χ1n) is 4.50. The molecule has 5 nitrogen and oxygen atoms in total. The molecule has 0 amide bonds. The Kier molecular flexibility index (Phi) is 4.10. The maximum absolute atomic E-state index is 11.4. The Balaban J connectivity index is 2.52. The third-order valence-corrected chi connectivity index (χ3v) is 3.58. The van der Waals surface area contributed by atoms with Gasteiger partial charge >= 0.3 is 7.60 Å². The van der Waals surface area contributed by atoms with Gasteiger partial charge in [-0.2, -0.15) is 0 Å². The van der Waals surface area contributed by atoms with Crippen LogP contribution in [-0.2, 0) is 18.3 Å². The van der Waals surface area contributed by atoms with Gasteiger partial charge in [-0.05, 0) is 6.42 Å². The molecule has 1 aliphatic heterocycles. The van der Waals surface area contributed by atoms with Crippen molar-refractivity contribution >= 4 is 7.60 Å². The number of hydrogen-bond donors (Lipinski definition) is 1. The minimum absolute atomic E-state index is 0.0453. The molecule has 0 unspecified atom stereocenters. The van der Waals surface area contributed by atoms with Gasteiger partial charge < -0.3 is 18.9 Å². The molecule has 1 heterocycles. The first-order valence-corrected chi connectivity index (χ1v) is 6.49. The lowest BCUT2D eigenvalue weighted by molar-refractivity contribution is -0.0361.